The highest BCUT2D eigenvalue weighted by atomic mass is 127. The minimum atomic E-state index is -1.13. The number of rotatable bonds is 19. The highest BCUT2D eigenvalue weighted by Gasteiger charge is 2.40. The molecule has 0 bridgehead atoms. The first-order valence-corrected chi connectivity index (χ1v) is 16.1. The molecule has 0 radical (unpaired) electrons. The van der Waals surface area contributed by atoms with Crippen molar-refractivity contribution in [3.8, 4) is 11.5 Å². The van der Waals surface area contributed by atoms with Gasteiger partial charge in [0.1, 0.15) is 12.2 Å². The molecular weight excluding hydrogens is 655 g/mol. The Labute approximate surface area is 263 Å². The monoisotopic (exact) mass is 704 g/mol. The molecule has 0 saturated carbocycles. The van der Waals surface area contributed by atoms with E-state index in [1.54, 1.807) is 23.1 Å². The number of halogens is 1. The zero-order valence-corrected chi connectivity index (χ0v) is 27.6. The number of nitrogens with one attached hydrogen (secondary N) is 1. The zero-order valence-electron chi connectivity index (χ0n) is 25.4. The quantitative estimate of drug-likeness (QED) is 0.126. The Morgan fingerprint density at radius 1 is 1.14 bits per heavy atom. The van der Waals surface area contributed by atoms with Crippen molar-refractivity contribution in [2.24, 2.45) is 0 Å². The van der Waals surface area contributed by atoms with Crippen LogP contribution in [-0.2, 0) is 20.9 Å². The number of aliphatic hydroxyl groups excluding tert-OH is 3. The Morgan fingerprint density at radius 3 is 2.52 bits per heavy atom. The van der Waals surface area contributed by atoms with Crippen LogP contribution in [0.4, 0.5) is 0 Å². The van der Waals surface area contributed by atoms with E-state index in [4.69, 9.17) is 14.2 Å². The summed E-state index contributed by atoms with van der Waals surface area (Å²) < 4.78 is 18.2. The van der Waals surface area contributed by atoms with Crippen LogP contribution in [0.3, 0.4) is 0 Å². The van der Waals surface area contributed by atoms with Gasteiger partial charge in [0.25, 0.3) is 0 Å². The summed E-state index contributed by atoms with van der Waals surface area (Å²) in [6, 6.07) is 2.70. The minimum Gasteiger partial charge on any atom is -0.493 e. The number of amides is 2. The summed E-state index contributed by atoms with van der Waals surface area (Å²) in [5.41, 5.74) is 1.01. The first-order chi connectivity index (χ1) is 20.2. The highest BCUT2D eigenvalue weighted by molar-refractivity contribution is 14.1. The van der Waals surface area contributed by atoms with E-state index in [0.29, 0.717) is 52.2 Å². The summed E-state index contributed by atoms with van der Waals surface area (Å²) in [4.78, 5) is 28.4. The van der Waals surface area contributed by atoms with Crippen molar-refractivity contribution in [2.45, 2.75) is 103 Å². The van der Waals surface area contributed by atoms with Gasteiger partial charge in [0, 0.05) is 38.1 Å². The van der Waals surface area contributed by atoms with Crippen LogP contribution < -0.4 is 14.8 Å². The summed E-state index contributed by atoms with van der Waals surface area (Å²) in [5, 5.41) is 33.2. The van der Waals surface area contributed by atoms with Crippen molar-refractivity contribution in [2.75, 3.05) is 33.4 Å². The summed E-state index contributed by atoms with van der Waals surface area (Å²) in [7, 11) is 1.49. The molecule has 2 amide bonds. The molecule has 4 N–H and O–H groups in total. The van der Waals surface area contributed by atoms with Crippen molar-refractivity contribution in [1.82, 2.24) is 10.2 Å². The number of nitrogens with zero attached hydrogens (tertiary/aromatic N) is 1. The molecule has 2 rings (SSSR count). The van der Waals surface area contributed by atoms with Crippen molar-refractivity contribution >= 4 is 34.4 Å². The average Bonchev–Trinajstić information content (AvgIpc) is 2.97. The van der Waals surface area contributed by atoms with Gasteiger partial charge in [0.05, 0.1) is 36.0 Å². The molecule has 0 fully saturated rings. The fraction of sp³-hybridized carbons (Fsp3) is 0.677. The molecule has 1 aliphatic carbocycles. The number of hydrogen-bond donors (Lipinski definition) is 4. The fourth-order valence-corrected chi connectivity index (χ4v) is 5.74. The van der Waals surface area contributed by atoms with Crippen LogP contribution in [0.5, 0.6) is 11.5 Å². The Hall–Kier alpha value is -1.93. The van der Waals surface area contributed by atoms with Crippen molar-refractivity contribution in [3.05, 3.63) is 32.9 Å². The van der Waals surface area contributed by atoms with E-state index in [2.05, 4.69) is 34.8 Å². The molecule has 0 spiro atoms. The predicted octanol–water partition coefficient (Wildman–Crippen LogP) is 3.71. The maximum Gasteiger partial charge on any atom is 0.247 e. The second kappa shape index (κ2) is 19.4. The second-order valence-corrected chi connectivity index (χ2v) is 12.0. The molecule has 3 unspecified atom stereocenters. The van der Waals surface area contributed by atoms with E-state index in [-0.39, 0.29) is 44.1 Å². The lowest BCUT2D eigenvalue weighted by Gasteiger charge is -2.41. The van der Waals surface area contributed by atoms with Crippen LogP contribution in [-0.4, -0.2) is 89.8 Å². The molecule has 238 valence electrons. The van der Waals surface area contributed by atoms with E-state index in [1.807, 2.05) is 13.8 Å². The van der Waals surface area contributed by atoms with E-state index in [1.165, 1.54) is 7.11 Å². The van der Waals surface area contributed by atoms with E-state index >= 15 is 0 Å². The van der Waals surface area contributed by atoms with Gasteiger partial charge >= 0.3 is 0 Å². The first-order valence-electron chi connectivity index (χ1n) is 15.0. The predicted molar refractivity (Wildman–Crippen MR) is 169 cm³/mol. The number of benzene rings is 1. The molecule has 42 heavy (non-hydrogen) atoms. The van der Waals surface area contributed by atoms with Gasteiger partial charge in [-0.3, -0.25) is 9.59 Å². The van der Waals surface area contributed by atoms with Crippen LogP contribution >= 0.6 is 22.6 Å². The third-order valence-electron chi connectivity index (χ3n) is 7.15. The van der Waals surface area contributed by atoms with Gasteiger partial charge in [-0.2, -0.15) is 0 Å². The summed E-state index contributed by atoms with van der Waals surface area (Å²) >= 11 is 2.08. The number of carbonyl (C=O) groups is 2. The van der Waals surface area contributed by atoms with E-state index in [0.717, 1.165) is 32.1 Å². The summed E-state index contributed by atoms with van der Waals surface area (Å²) in [6.07, 6.45) is 5.65. The minimum absolute atomic E-state index is 0.0604. The molecule has 1 aromatic rings. The molecule has 10 nitrogen and oxygen atoms in total. The van der Waals surface area contributed by atoms with Gasteiger partial charge in [-0.25, -0.2) is 0 Å². The molecule has 0 aromatic heterocycles. The van der Waals surface area contributed by atoms with Gasteiger partial charge in [-0.1, -0.05) is 32.6 Å². The smallest absolute Gasteiger partial charge is 0.247 e. The normalized spacial score (nSPS) is 18.5. The lowest BCUT2D eigenvalue weighted by atomic mass is 9.87. The maximum absolute atomic E-state index is 13.6. The number of unbranched alkanes of at least 4 members (excludes halogenated alkanes) is 4. The van der Waals surface area contributed by atoms with Gasteiger partial charge in [-0.05, 0) is 73.1 Å². The topological polar surface area (TPSA) is 138 Å². The van der Waals surface area contributed by atoms with Gasteiger partial charge in [0.15, 0.2) is 11.5 Å². The Bertz CT molecular complexity index is 1020. The third kappa shape index (κ3) is 11.3. The van der Waals surface area contributed by atoms with Gasteiger partial charge in [0.2, 0.25) is 11.8 Å². The van der Waals surface area contributed by atoms with Crippen LogP contribution in [0.25, 0.3) is 0 Å². The molecule has 3 atom stereocenters. The number of carbonyl (C=O) groups excluding carboxylic acids is 2. The van der Waals surface area contributed by atoms with Crippen LogP contribution in [0, 0.1) is 3.57 Å². The largest absolute Gasteiger partial charge is 0.493 e. The Morgan fingerprint density at radius 2 is 1.88 bits per heavy atom. The van der Waals surface area contributed by atoms with Crippen molar-refractivity contribution in [1.29, 1.82) is 0 Å². The number of hydrogen-bond acceptors (Lipinski definition) is 8. The fourth-order valence-electron chi connectivity index (χ4n) is 4.95. The summed E-state index contributed by atoms with van der Waals surface area (Å²) in [6.45, 7) is 6.58. The summed E-state index contributed by atoms with van der Waals surface area (Å²) in [5.74, 6) is 0.286. The lowest BCUT2D eigenvalue weighted by Crippen LogP contribution is -2.55. The molecule has 1 aliphatic rings. The van der Waals surface area contributed by atoms with E-state index in [9.17, 15) is 24.9 Å². The van der Waals surface area contributed by atoms with E-state index < -0.39 is 18.2 Å². The molecule has 1 aromatic carbocycles. The standard InChI is InChI=1S/C31H49IN2O8/c1-5-6-7-8-9-11-28(37)34(13-10-15-41-21(2)3)25-18-23(31(39)33-12-14-35)19-26(29(25)38)42-30-24(32)16-22(20-36)17-27(30)40-4/h16-17,19,21,25-26,29,35-36,38H,5-15,18,20H2,1-4H3,(H,33,39). The molecule has 0 saturated heterocycles. The first kappa shape index (κ1) is 36.3. The van der Waals surface area contributed by atoms with Crippen LogP contribution in [0.1, 0.15) is 77.7 Å². The Balaban J connectivity index is 2.40. The Kier molecular flexibility index (Phi) is 16.7. The average molecular weight is 705 g/mol. The lowest BCUT2D eigenvalue weighted by molar-refractivity contribution is -0.139. The second-order valence-electron chi connectivity index (χ2n) is 10.8. The number of ether oxygens (including phenoxy) is 3. The highest BCUT2D eigenvalue weighted by Crippen LogP contribution is 2.37. The number of aliphatic hydroxyl groups is 3. The third-order valence-corrected chi connectivity index (χ3v) is 7.95. The SMILES string of the molecule is CCCCCCCC(=O)N(CCCOC(C)C)C1CC(C(=O)NCCO)=CC(Oc2c(I)cc(CO)cc2OC)C1O. The zero-order chi connectivity index (χ0) is 31.1. The van der Waals surface area contributed by atoms with Gasteiger partial charge < -0.3 is 39.7 Å². The van der Waals surface area contributed by atoms with Crippen molar-refractivity contribution < 1.29 is 39.1 Å². The van der Waals surface area contributed by atoms with Gasteiger partial charge in [-0.15, -0.1) is 0 Å². The number of methoxy groups -OCH3 is 1. The van der Waals surface area contributed by atoms with Crippen LogP contribution in [0.2, 0.25) is 0 Å². The van der Waals surface area contributed by atoms with Crippen molar-refractivity contribution in [3.63, 3.8) is 0 Å². The molecule has 0 aliphatic heterocycles. The molecular formula is C31H49IN2O8. The van der Waals surface area contributed by atoms with Crippen LogP contribution in [0.15, 0.2) is 23.8 Å². The maximum atomic E-state index is 13.6. The molecule has 0 heterocycles. The molecule has 11 heteroatoms.